The maximum absolute atomic E-state index is 12.9. The number of rotatable bonds is 7. The first kappa shape index (κ1) is 20.7. The molecule has 0 spiro atoms. The second-order valence-electron chi connectivity index (χ2n) is 7.84. The molecule has 0 unspecified atom stereocenters. The van der Waals surface area contributed by atoms with Crippen molar-refractivity contribution >= 4 is 5.91 Å². The summed E-state index contributed by atoms with van der Waals surface area (Å²) in [5, 5.41) is 3.96. The standard InChI is InChI=1S/C21H28FN5O3/c22-17-4-6-18(7-5-17)29-16-19-23-20(30-24-19)14-25-8-3-9-26(13-12-25)15-21(28)27-10-1-2-11-27/h4-7H,1-3,8-16H2. The van der Waals surface area contributed by atoms with E-state index in [0.717, 1.165) is 58.5 Å². The Morgan fingerprint density at radius 3 is 2.53 bits per heavy atom. The lowest BCUT2D eigenvalue weighted by Gasteiger charge is -2.23. The smallest absolute Gasteiger partial charge is 0.240 e. The van der Waals surface area contributed by atoms with E-state index in [1.165, 1.54) is 12.1 Å². The van der Waals surface area contributed by atoms with Gasteiger partial charge in [0.1, 0.15) is 11.6 Å². The van der Waals surface area contributed by atoms with E-state index in [4.69, 9.17) is 9.26 Å². The highest BCUT2D eigenvalue weighted by Gasteiger charge is 2.23. The maximum atomic E-state index is 12.9. The zero-order chi connectivity index (χ0) is 20.8. The molecule has 2 aliphatic heterocycles. The lowest BCUT2D eigenvalue weighted by atomic mass is 10.3. The highest BCUT2D eigenvalue weighted by Crippen LogP contribution is 2.14. The molecule has 3 heterocycles. The van der Waals surface area contributed by atoms with Gasteiger partial charge in [0.2, 0.25) is 17.6 Å². The highest BCUT2D eigenvalue weighted by molar-refractivity contribution is 5.78. The van der Waals surface area contributed by atoms with E-state index in [2.05, 4.69) is 19.9 Å². The first-order valence-electron chi connectivity index (χ1n) is 10.6. The molecule has 1 amide bonds. The molecule has 0 N–H and O–H groups in total. The van der Waals surface area contributed by atoms with Crippen LogP contribution < -0.4 is 4.74 Å². The minimum atomic E-state index is -0.305. The van der Waals surface area contributed by atoms with E-state index in [9.17, 15) is 9.18 Å². The van der Waals surface area contributed by atoms with E-state index < -0.39 is 0 Å². The Balaban J connectivity index is 1.22. The number of nitrogens with zero attached hydrogens (tertiary/aromatic N) is 5. The van der Waals surface area contributed by atoms with Crippen molar-refractivity contribution in [3.63, 3.8) is 0 Å². The Morgan fingerprint density at radius 1 is 1.00 bits per heavy atom. The zero-order valence-electron chi connectivity index (χ0n) is 17.1. The van der Waals surface area contributed by atoms with Crippen LogP contribution in [0.1, 0.15) is 31.0 Å². The number of likely N-dealkylation sites (tertiary alicyclic amines) is 1. The third-order valence-corrected chi connectivity index (χ3v) is 5.55. The Kier molecular flexibility index (Phi) is 6.91. The van der Waals surface area contributed by atoms with Gasteiger partial charge in [-0.15, -0.1) is 0 Å². The van der Waals surface area contributed by atoms with Crippen LogP contribution in [0.4, 0.5) is 4.39 Å². The largest absolute Gasteiger partial charge is 0.485 e. The van der Waals surface area contributed by atoms with E-state index >= 15 is 0 Å². The molecule has 162 valence electrons. The molecular weight excluding hydrogens is 389 g/mol. The monoisotopic (exact) mass is 417 g/mol. The Labute approximate surface area is 175 Å². The van der Waals surface area contributed by atoms with Crippen LogP contribution in [0.15, 0.2) is 28.8 Å². The van der Waals surface area contributed by atoms with Crippen LogP contribution >= 0.6 is 0 Å². The molecular formula is C21H28FN5O3. The highest BCUT2D eigenvalue weighted by atomic mass is 19.1. The summed E-state index contributed by atoms with van der Waals surface area (Å²) in [6.45, 7) is 6.64. The molecule has 2 fully saturated rings. The summed E-state index contributed by atoms with van der Waals surface area (Å²) in [6, 6.07) is 5.82. The third kappa shape index (κ3) is 5.76. The quantitative estimate of drug-likeness (QED) is 0.681. The van der Waals surface area contributed by atoms with E-state index in [1.54, 1.807) is 12.1 Å². The van der Waals surface area contributed by atoms with E-state index in [1.807, 2.05) is 4.90 Å². The van der Waals surface area contributed by atoms with Crippen LogP contribution in [0.3, 0.4) is 0 Å². The van der Waals surface area contributed by atoms with Crippen LogP contribution in [-0.2, 0) is 17.9 Å². The molecule has 0 bridgehead atoms. The number of ether oxygens (including phenoxy) is 1. The molecule has 2 aliphatic rings. The van der Waals surface area contributed by atoms with E-state index in [0.29, 0.717) is 30.6 Å². The summed E-state index contributed by atoms with van der Waals surface area (Å²) in [4.78, 5) is 23.3. The predicted octanol–water partition coefficient (Wildman–Crippen LogP) is 1.92. The second kappa shape index (κ2) is 9.99. The van der Waals surface area contributed by atoms with Gasteiger partial charge in [-0.25, -0.2) is 4.39 Å². The van der Waals surface area contributed by atoms with Crippen LogP contribution in [-0.4, -0.2) is 76.6 Å². The first-order valence-corrected chi connectivity index (χ1v) is 10.6. The Hall–Kier alpha value is -2.52. The zero-order valence-corrected chi connectivity index (χ0v) is 17.1. The second-order valence-corrected chi connectivity index (χ2v) is 7.84. The minimum Gasteiger partial charge on any atom is -0.485 e. The average Bonchev–Trinajstić information content (AvgIpc) is 3.39. The van der Waals surface area contributed by atoms with Gasteiger partial charge in [0.25, 0.3) is 0 Å². The normalized spacial score (nSPS) is 18.5. The molecule has 8 nitrogen and oxygen atoms in total. The molecule has 1 aromatic heterocycles. The summed E-state index contributed by atoms with van der Waals surface area (Å²) in [5.41, 5.74) is 0. The van der Waals surface area contributed by atoms with Crippen LogP contribution in [0.5, 0.6) is 5.75 Å². The van der Waals surface area contributed by atoms with Gasteiger partial charge in [-0.05, 0) is 56.6 Å². The number of amides is 1. The lowest BCUT2D eigenvalue weighted by Crippen LogP contribution is -2.40. The molecule has 4 rings (SSSR count). The van der Waals surface area contributed by atoms with Gasteiger partial charge in [0.05, 0.1) is 13.1 Å². The molecule has 2 aromatic rings. The maximum Gasteiger partial charge on any atom is 0.240 e. The van der Waals surface area contributed by atoms with Gasteiger partial charge in [0.15, 0.2) is 6.61 Å². The molecule has 0 atom stereocenters. The summed E-state index contributed by atoms with van der Waals surface area (Å²) in [7, 11) is 0. The van der Waals surface area contributed by atoms with Crippen molar-refractivity contribution in [2.45, 2.75) is 32.4 Å². The molecule has 1 aromatic carbocycles. The fraction of sp³-hybridized carbons (Fsp3) is 0.571. The van der Waals surface area contributed by atoms with Crippen molar-refractivity contribution in [1.82, 2.24) is 24.8 Å². The summed E-state index contributed by atoms with van der Waals surface area (Å²) in [5.74, 6) is 1.51. The number of hydrogen-bond donors (Lipinski definition) is 0. The molecule has 0 aliphatic carbocycles. The molecule has 2 saturated heterocycles. The van der Waals surface area contributed by atoms with Gasteiger partial charge in [-0.2, -0.15) is 4.98 Å². The van der Waals surface area contributed by atoms with Gasteiger partial charge < -0.3 is 14.2 Å². The molecule has 0 saturated carbocycles. The predicted molar refractivity (Wildman–Crippen MR) is 107 cm³/mol. The number of hydrogen-bond acceptors (Lipinski definition) is 7. The van der Waals surface area contributed by atoms with Crippen molar-refractivity contribution in [3.05, 3.63) is 41.8 Å². The summed E-state index contributed by atoms with van der Waals surface area (Å²) in [6.07, 6.45) is 3.25. The van der Waals surface area contributed by atoms with Crippen molar-refractivity contribution in [2.75, 3.05) is 45.8 Å². The summed E-state index contributed by atoms with van der Waals surface area (Å²) < 4.78 is 23.9. The first-order chi connectivity index (χ1) is 14.7. The number of halogens is 1. The number of aromatic nitrogens is 2. The molecule has 30 heavy (non-hydrogen) atoms. The van der Waals surface area contributed by atoms with Crippen LogP contribution in [0.2, 0.25) is 0 Å². The number of carbonyl (C=O) groups is 1. The topological polar surface area (TPSA) is 74.9 Å². The van der Waals surface area contributed by atoms with Crippen molar-refractivity contribution in [1.29, 1.82) is 0 Å². The lowest BCUT2D eigenvalue weighted by molar-refractivity contribution is -0.131. The van der Waals surface area contributed by atoms with Crippen molar-refractivity contribution in [2.24, 2.45) is 0 Å². The fourth-order valence-corrected chi connectivity index (χ4v) is 3.88. The minimum absolute atomic E-state index is 0.168. The van der Waals surface area contributed by atoms with Crippen LogP contribution in [0, 0.1) is 5.82 Å². The Bertz CT molecular complexity index is 822. The van der Waals surface area contributed by atoms with E-state index in [-0.39, 0.29) is 18.3 Å². The molecule has 0 radical (unpaired) electrons. The Morgan fingerprint density at radius 2 is 1.73 bits per heavy atom. The average molecular weight is 417 g/mol. The SMILES string of the molecule is O=C(CN1CCCN(Cc2nc(COc3ccc(F)cc3)no2)CC1)N1CCCC1. The van der Waals surface area contributed by atoms with Crippen molar-refractivity contribution < 1.29 is 18.4 Å². The van der Waals surface area contributed by atoms with Gasteiger partial charge in [0, 0.05) is 26.2 Å². The summed E-state index contributed by atoms with van der Waals surface area (Å²) >= 11 is 0. The number of carbonyl (C=O) groups excluding carboxylic acids is 1. The fourth-order valence-electron chi connectivity index (χ4n) is 3.88. The van der Waals surface area contributed by atoms with Gasteiger partial charge in [-0.1, -0.05) is 5.16 Å². The number of benzene rings is 1. The third-order valence-electron chi connectivity index (χ3n) is 5.55. The van der Waals surface area contributed by atoms with Gasteiger partial charge in [-0.3, -0.25) is 14.6 Å². The van der Waals surface area contributed by atoms with Crippen LogP contribution in [0.25, 0.3) is 0 Å². The molecule has 9 heteroatoms. The van der Waals surface area contributed by atoms with Gasteiger partial charge >= 0.3 is 0 Å². The van der Waals surface area contributed by atoms with Crippen molar-refractivity contribution in [3.8, 4) is 5.75 Å².